The Morgan fingerprint density at radius 1 is 1.14 bits per heavy atom. The molecule has 0 bridgehead atoms. The Morgan fingerprint density at radius 2 is 1.71 bits per heavy atom. The first-order valence-electron chi connectivity index (χ1n) is 10.1. The van der Waals surface area contributed by atoms with E-state index in [9.17, 15) is 24.4 Å². The van der Waals surface area contributed by atoms with Crippen LogP contribution in [0.15, 0.2) is 0 Å². The molecule has 3 amide bonds. The number of likely N-dealkylation sites (tertiary alicyclic amines) is 1. The van der Waals surface area contributed by atoms with Crippen molar-refractivity contribution in [2.75, 3.05) is 6.61 Å². The number of esters is 1. The Morgan fingerprint density at radius 3 is 2.25 bits per heavy atom. The van der Waals surface area contributed by atoms with Crippen molar-refractivity contribution in [1.82, 2.24) is 10.2 Å². The predicted molar refractivity (Wildman–Crippen MR) is 97.3 cm³/mol. The van der Waals surface area contributed by atoms with Crippen LogP contribution in [0.3, 0.4) is 0 Å². The summed E-state index contributed by atoms with van der Waals surface area (Å²) in [6.07, 6.45) is 7.10. The number of fused-ring (bicyclic) bond motifs is 1. The van der Waals surface area contributed by atoms with Crippen LogP contribution in [0.5, 0.6) is 0 Å². The fourth-order valence-electron chi connectivity index (χ4n) is 4.66. The quantitative estimate of drug-likeness (QED) is 0.562. The van der Waals surface area contributed by atoms with Gasteiger partial charge in [0.1, 0.15) is 11.6 Å². The standard InChI is InChI=1S/C20H27N3O5/c1-13(23-17(25)14-7-3-4-8-15(14)18(23)26)19(27)28-11-16(24)22-20(12-21)9-5-2-6-10-20/h13-15H,2-11H2,1H3,(H,22,24)/t13-,14+,15+/m0/s1. The molecule has 2 saturated carbocycles. The van der Waals surface area contributed by atoms with E-state index in [2.05, 4.69) is 11.4 Å². The van der Waals surface area contributed by atoms with E-state index in [0.29, 0.717) is 25.7 Å². The number of rotatable bonds is 5. The first kappa shape index (κ1) is 20.3. The van der Waals surface area contributed by atoms with Crippen molar-refractivity contribution in [2.45, 2.75) is 76.3 Å². The molecule has 0 aromatic carbocycles. The zero-order valence-corrected chi connectivity index (χ0v) is 16.2. The van der Waals surface area contributed by atoms with Crippen molar-refractivity contribution in [2.24, 2.45) is 11.8 Å². The van der Waals surface area contributed by atoms with E-state index in [0.717, 1.165) is 37.0 Å². The van der Waals surface area contributed by atoms with Crippen molar-refractivity contribution in [3.05, 3.63) is 0 Å². The minimum atomic E-state index is -1.06. The first-order chi connectivity index (χ1) is 13.4. The fraction of sp³-hybridized carbons (Fsp3) is 0.750. The number of nitrogens with one attached hydrogen (secondary N) is 1. The second kappa shape index (κ2) is 8.29. The van der Waals surface area contributed by atoms with Gasteiger partial charge in [-0.05, 0) is 32.6 Å². The molecular formula is C20H27N3O5. The minimum Gasteiger partial charge on any atom is -0.454 e. The number of nitrogens with zero attached hydrogens (tertiary/aromatic N) is 2. The van der Waals surface area contributed by atoms with E-state index in [-0.39, 0.29) is 23.7 Å². The molecule has 3 atom stereocenters. The Balaban J connectivity index is 1.54. The maximum Gasteiger partial charge on any atom is 0.329 e. The summed E-state index contributed by atoms with van der Waals surface area (Å²) in [6.45, 7) is 0.918. The molecule has 1 heterocycles. The average molecular weight is 389 g/mol. The lowest BCUT2D eigenvalue weighted by atomic mass is 9.81. The van der Waals surface area contributed by atoms with E-state index >= 15 is 0 Å². The van der Waals surface area contributed by atoms with Gasteiger partial charge in [0.05, 0.1) is 17.9 Å². The molecule has 3 fully saturated rings. The van der Waals surface area contributed by atoms with Crippen molar-refractivity contribution in [3.8, 4) is 6.07 Å². The maximum atomic E-state index is 12.6. The Hall–Kier alpha value is -2.43. The summed E-state index contributed by atoms with van der Waals surface area (Å²) in [5.74, 6) is -2.62. The van der Waals surface area contributed by atoms with Crippen LogP contribution in [0.1, 0.15) is 64.7 Å². The van der Waals surface area contributed by atoms with Gasteiger partial charge in [-0.1, -0.05) is 32.1 Å². The maximum absolute atomic E-state index is 12.6. The van der Waals surface area contributed by atoms with Crippen LogP contribution in [-0.4, -0.2) is 46.8 Å². The number of ether oxygens (including phenoxy) is 1. The topological polar surface area (TPSA) is 117 Å². The summed E-state index contributed by atoms with van der Waals surface area (Å²) in [6, 6.07) is 1.12. The normalized spacial score (nSPS) is 27.5. The largest absolute Gasteiger partial charge is 0.454 e. The molecule has 1 N–H and O–H groups in total. The molecule has 8 heteroatoms. The Bertz CT molecular complexity index is 683. The first-order valence-corrected chi connectivity index (χ1v) is 10.1. The number of hydrogen-bond acceptors (Lipinski definition) is 6. The second-order valence-corrected chi connectivity index (χ2v) is 8.13. The Kier molecular flexibility index (Phi) is 6.01. The van der Waals surface area contributed by atoms with Crippen LogP contribution < -0.4 is 5.32 Å². The van der Waals surface area contributed by atoms with Gasteiger partial charge < -0.3 is 10.1 Å². The highest BCUT2D eigenvalue weighted by molar-refractivity contribution is 6.07. The summed E-state index contributed by atoms with van der Waals surface area (Å²) >= 11 is 0. The molecule has 0 spiro atoms. The van der Waals surface area contributed by atoms with Gasteiger partial charge in [0.2, 0.25) is 11.8 Å². The van der Waals surface area contributed by atoms with Gasteiger partial charge in [-0.15, -0.1) is 0 Å². The molecule has 3 rings (SSSR count). The highest BCUT2D eigenvalue weighted by atomic mass is 16.5. The van der Waals surface area contributed by atoms with Crippen molar-refractivity contribution < 1.29 is 23.9 Å². The summed E-state index contributed by atoms with van der Waals surface area (Å²) in [5.41, 5.74) is -0.899. The van der Waals surface area contributed by atoms with Gasteiger partial charge in [-0.2, -0.15) is 5.26 Å². The SMILES string of the molecule is C[C@@H](C(=O)OCC(=O)NC1(C#N)CCCCC1)N1C(=O)[C@@H]2CCCC[C@H]2C1=O. The third-order valence-corrected chi connectivity index (χ3v) is 6.25. The number of imide groups is 1. The lowest BCUT2D eigenvalue weighted by molar-refractivity contribution is -0.159. The number of nitriles is 1. The molecule has 3 aliphatic rings. The minimum absolute atomic E-state index is 0.311. The van der Waals surface area contributed by atoms with Gasteiger partial charge >= 0.3 is 5.97 Å². The Labute approximate surface area is 164 Å². The lowest BCUT2D eigenvalue weighted by Crippen LogP contribution is -2.50. The van der Waals surface area contributed by atoms with Gasteiger partial charge in [0.15, 0.2) is 6.61 Å². The highest BCUT2D eigenvalue weighted by Gasteiger charge is 2.51. The van der Waals surface area contributed by atoms with Crippen LogP contribution in [0.2, 0.25) is 0 Å². The molecule has 1 saturated heterocycles. The summed E-state index contributed by atoms with van der Waals surface area (Å²) in [4.78, 5) is 50.7. The summed E-state index contributed by atoms with van der Waals surface area (Å²) < 4.78 is 5.05. The molecule has 8 nitrogen and oxygen atoms in total. The molecule has 28 heavy (non-hydrogen) atoms. The summed E-state index contributed by atoms with van der Waals surface area (Å²) in [7, 11) is 0. The van der Waals surface area contributed by atoms with Gasteiger partial charge in [0.25, 0.3) is 5.91 Å². The zero-order chi connectivity index (χ0) is 20.3. The van der Waals surface area contributed by atoms with Gasteiger partial charge in [-0.25, -0.2) is 4.79 Å². The van der Waals surface area contributed by atoms with Crippen LogP contribution in [0, 0.1) is 23.2 Å². The molecule has 0 radical (unpaired) electrons. The van der Waals surface area contributed by atoms with Gasteiger partial charge in [-0.3, -0.25) is 19.3 Å². The van der Waals surface area contributed by atoms with Gasteiger partial charge in [0, 0.05) is 0 Å². The monoisotopic (exact) mass is 389 g/mol. The van der Waals surface area contributed by atoms with E-state index in [1.54, 1.807) is 0 Å². The van der Waals surface area contributed by atoms with Crippen molar-refractivity contribution >= 4 is 23.7 Å². The molecule has 0 unspecified atom stereocenters. The lowest BCUT2D eigenvalue weighted by Gasteiger charge is -2.31. The number of carbonyl (C=O) groups excluding carboxylic acids is 4. The number of hydrogen-bond donors (Lipinski definition) is 1. The van der Waals surface area contributed by atoms with Crippen LogP contribution in [0.4, 0.5) is 0 Å². The van der Waals surface area contributed by atoms with Crippen LogP contribution in [-0.2, 0) is 23.9 Å². The molecular weight excluding hydrogens is 362 g/mol. The molecule has 152 valence electrons. The predicted octanol–water partition coefficient (Wildman–Crippen LogP) is 1.44. The summed E-state index contributed by atoms with van der Waals surface area (Å²) in [5, 5.41) is 12.1. The molecule has 1 aliphatic heterocycles. The fourth-order valence-corrected chi connectivity index (χ4v) is 4.66. The zero-order valence-electron chi connectivity index (χ0n) is 16.2. The van der Waals surface area contributed by atoms with E-state index in [4.69, 9.17) is 4.74 Å². The molecule has 0 aromatic heterocycles. The smallest absolute Gasteiger partial charge is 0.329 e. The van der Waals surface area contributed by atoms with E-state index in [1.807, 2.05) is 0 Å². The molecule has 2 aliphatic carbocycles. The van der Waals surface area contributed by atoms with Crippen molar-refractivity contribution in [3.63, 3.8) is 0 Å². The average Bonchev–Trinajstić information content (AvgIpc) is 2.97. The van der Waals surface area contributed by atoms with E-state index in [1.165, 1.54) is 6.92 Å². The molecule has 0 aromatic rings. The third-order valence-electron chi connectivity index (χ3n) is 6.25. The van der Waals surface area contributed by atoms with Crippen molar-refractivity contribution in [1.29, 1.82) is 5.26 Å². The van der Waals surface area contributed by atoms with E-state index < -0.39 is 30.1 Å². The van der Waals surface area contributed by atoms with Crippen LogP contribution >= 0.6 is 0 Å². The number of amides is 3. The highest BCUT2D eigenvalue weighted by Crippen LogP contribution is 2.38. The number of carbonyl (C=O) groups is 4. The third kappa shape index (κ3) is 3.89. The second-order valence-electron chi connectivity index (χ2n) is 8.13. The van der Waals surface area contributed by atoms with Crippen LogP contribution in [0.25, 0.3) is 0 Å².